The highest BCUT2D eigenvalue weighted by Crippen LogP contribution is 2.39. The molecule has 4 nitrogen and oxygen atoms in total. The van der Waals surface area contributed by atoms with E-state index < -0.39 is 16.7 Å². The number of nitrogens with one attached hydrogen (secondary N) is 1. The van der Waals surface area contributed by atoms with Crippen molar-refractivity contribution in [1.82, 2.24) is 0 Å². The summed E-state index contributed by atoms with van der Waals surface area (Å²) in [7, 11) is 0. The van der Waals surface area contributed by atoms with Gasteiger partial charge < -0.3 is 10.1 Å². The smallest absolute Gasteiger partial charge is 0.341 e. The number of hydrogen-bond donors (Lipinski definition) is 1. The SMILES string of the molecule is CCOC(=O)c1c(NC(=O)C(Cl)Cl)sc2c1CCC2. The van der Waals surface area contributed by atoms with Crippen molar-refractivity contribution in [3.05, 3.63) is 16.0 Å². The standard InChI is InChI=1S/C12H13Cl2NO3S/c1-2-18-12(17)8-6-4-3-5-7(6)19-11(8)15-10(16)9(13)14/h9H,2-5H2,1H3,(H,15,16). The van der Waals surface area contributed by atoms with Gasteiger partial charge in [0.05, 0.1) is 12.2 Å². The number of amides is 1. The van der Waals surface area contributed by atoms with Gasteiger partial charge >= 0.3 is 5.97 Å². The highest BCUT2D eigenvalue weighted by atomic mass is 35.5. The third-order valence-corrected chi connectivity index (χ3v) is 4.44. The number of rotatable bonds is 4. The first kappa shape index (κ1) is 14.6. The van der Waals surface area contributed by atoms with Crippen LogP contribution in [0.4, 0.5) is 5.00 Å². The van der Waals surface area contributed by atoms with Gasteiger partial charge in [-0.15, -0.1) is 11.3 Å². The van der Waals surface area contributed by atoms with Crippen LogP contribution in [0.3, 0.4) is 0 Å². The molecule has 19 heavy (non-hydrogen) atoms. The van der Waals surface area contributed by atoms with Crippen LogP contribution >= 0.6 is 34.5 Å². The Morgan fingerprint density at radius 1 is 1.42 bits per heavy atom. The largest absolute Gasteiger partial charge is 0.462 e. The van der Waals surface area contributed by atoms with Crippen LogP contribution in [-0.4, -0.2) is 23.3 Å². The van der Waals surface area contributed by atoms with Gasteiger partial charge in [0.15, 0.2) is 4.84 Å². The number of carbonyl (C=O) groups excluding carboxylic acids is 2. The lowest BCUT2D eigenvalue weighted by atomic mass is 10.1. The number of anilines is 1. The Hall–Kier alpha value is -0.780. The molecule has 0 bridgehead atoms. The Morgan fingerprint density at radius 3 is 2.79 bits per heavy atom. The van der Waals surface area contributed by atoms with Crippen molar-refractivity contribution in [1.29, 1.82) is 0 Å². The van der Waals surface area contributed by atoms with Crippen molar-refractivity contribution >= 4 is 51.4 Å². The van der Waals surface area contributed by atoms with Crippen LogP contribution in [0.25, 0.3) is 0 Å². The van der Waals surface area contributed by atoms with E-state index in [1.807, 2.05) is 0 Å². The first-order valence-electron chi connectivity index (χ1n) is 5.95. The predicted octanol–water partition coefficient (Wildman–Crippen LogP) is 3.16. The van der Waals surface area contributed by atoms with E-state index in [1.54, 1.807) is 6.92 Å². The van der Waals surface area contributed by atoms with Crippen LogP contribution in [0, 0.1) is 0 Å². The highest BCUT2D eigenvalue weighted by molar-refractivity contribution is 7.17. The molecule has 7 heteroatoms. The molecule has 0 radical (unpaired) electrons. The van der Waals surface area contributed by atoms with E-state index in [0.717, 1.165) is 29.7 Å². The maximum Gasteiger partial charge on any atom is 0.341 e. The minimum absolute atomic E-state index is 0.296. The average molecular weight is 322 g/mol. The number of ether oxygens (including phenoxy) is 1. The fourth-order valence-corrected chi connectivity index (χ4v) is 3.47. The van der Waals surface area contributed by atoms with E-state index in [4.69, 9.17) is 27.9 Å². The number of hydrogen-bond acceptors (Lipinski definition) is 4. The molecule has 0 aliphatic heterocycles. The van der Waals surface area contributed by atoms with Gasteiger partial charge in [-0.1, -0.05) is 23.2 Å². The van der Waals surface area contributed by atoms with Gasteiger partial charge in [-0.2, -0.15) is 0 Å². The summed E-state index contributed by atoms with van der Waals surface area (Å²) in [6.07, 6.45) is 2.78. The molecule has 1 heterocycles. The fourth-order valence-electron chi connectivity index (χ4n) is 2.08. The molecule has 0 aromatic carbocycles. The molecule has 104 valence electrons. The van der Waals surface area contributed by atoms with Gasteiger partial charge in [0.2, 0.25) is 0 Å². The normalized spacial score (nSPS) is 13.5. The second-order valence-electron chi connectivity index (χ2n) is 4.07. The van der Waals surface area contributed by atoms with Crippen LogP contribution in [0.15, 0.2) is 0 Å². The maximum absolute atomic E-state index is 12.0. The number of esters is 1. The first-order chi connectivity index (χ1) is 9.04. The van der Waals surface area contributed by atoms with Gasteiger partial charge in [-0.05, 0) is 31.7 Å². The van der Waals surface area contributed by atoms with Crippen LogP contribution in [0.1, 0.15) is 34.1 Å². The molecule has 2 rings (SSSR count). The first-order valence-corrected chi connectivity index (χ1v) is 7.64. The summed E-state index contributed by atoms with van der Waals surface area (Å²) in [6, 6.07) is 0. The summed E-state index contributed by atoms with van der Waals surface area (Å²) in [6.45, 7) is 2.04. The van der Waals surface area contributed by atoms with Crippen molar-refractivity contribution in [2.45, 2.75) is 31.0 Å². The summed E-state index contributed by atoms with van der Waals surface area (Å²) >= 11 is 12.4. The van der Waals surface area contributed by atoms with Crippen LogP contribution in [0.2, 0.25) is 0 Å². The van der Waals surface area contributed by atoms with E-state index in [9.17, 15) is 9.59 Å². The molecule has 0 saturated heterocycles. The quantitative estimate of drug-likeness (QED) is 0.684. The Balaban J connectivity index is 2.32. The molecule has 1 amide bonds. The highest BCUT2D eigenvalue weighted by Gasteiger charge is 2.28. The van der Waals surface area contributed by atoms with E-state index >= 15 is 0 Å². The maximum atomic E-state index is 12.0. The molecule has 0 atom stereocenters. The number of aryl methyl sites for hydroxylation is 1. The molecular formula is C12H13Cl2NO3S. The molecule has 0 unspecified atom stereocenters. The third kappa shape index (κ3) is 3.04. The summed E-state index contributed by atoms with van der Waals surface area (Å²) < 4.78 is 5.04. The Bertz CT molecular complexity index is 513. The number of alkyl halides is 2. The van der Waals surface area contributed by atoms with Crippen LogP contribution in [0.5, 0.6) is 0 Å². The zero-order valence-corrected chi connectivity index (χ0v) is 12.6. The summed E-state index contributed by atoms with van der Waals surface area (Å²) in [5.41, 5.74) is 1.45. The molecule has 1 aromatic rings. The number of thiophene rings is 1. The van der Waals surface area contributed by atoms with Crippen LogP contribution < -0.4 is 5.32 Å². The molecule has 1 N–H and O–H groups in total. The molecule has 1 aliphatic carbocycles. The average Bonchev–Trinajstić information content (AvgIpc) is 2.88. The lowest BCUT2D eigenvalue weighted by molar-refractivity contribution is -0.114. The lowest BCUT2D eigenvalue weighted by Crippen LogP contribution is -2.20. The topological polar surface area (TPSA) is 55.4 Å². The number of fused-ring (bicyclic) bond motifs is 1. The van der Waals surface area contributed by atoms with Crippen molar-refractivity contribution in [3.63, 3.8) is 0 Å². The van der Waals surface area contributed by atoms with Gasteiger partial charge in [0.25, 0.3) is 5.91 Å². The second-order valence-corrected chi connectivity index (χ2v) is 6.27. The zero-order valence-electron chi connectivity index (χ0n) is 10.3. The second kappa shape index (κ2) is 6.11. The molecule has 0 saturated carbocycles. The minimum atomic E-state index is -1.16. The summed E-state index contributed by atoms with van der Waals surface area (Å²) in [5.74, 6) is -0.938. The van der Waals surface area contributed by atoms with E-state index in [2.05, 4.69) is 5.32 Å². The summed E-state index contributed by atoms with van der Waals surface area (Å²) in [4.78, 5) is 23.5. The lowest BCUT2D eigenvalue weighted by Gasteiger charge is -2.08. The van der Waals surface area contributed by atoms with Crippen molar-refractivity contribution < 1.29 is 14.3 Å². The van der Waals surface area contributed by atoms with Gasteiger partial charge in [0, 0.05) is 4.88 Å². The van der Waals surface area contributed by atoms with Gasteiger partial charge in [-0.25, -0.2) is 4.79 Å². The predicted molar refractivity (Wildman–Crippen MR) is 76.4 cm³/mol. The van der Waals surface area contributed by atoms with Crippen molar-refractivity contribution in [2.24, 2.45) is 0 Å². The van der Waals surface area contributed by atoms with E-state index in [1.165, 1.54) is 11.3 Å². The van der Waals surface area contributed by atoms with Gasteiger partial charge in [0.1, 0.15) is 5.00 Å². The Morgan fingerprint density at radius 2 is 2.16 bits per heavy atom. The molecule has 0 fully saturated rings. The van der Waals surface area contributed by atoms with Gasteiger partial charge in [-0.3, -0.25) is 4.79 Å². The molecule has 1 aliphatic rings. The Labute approximate surface area is 125 Å². The molecular weight excluding hydrogens is 309 g/mol. The minimum Gasteiger partial charge on any atom is -0.462 e. The number of halogens is 2. The Kier molecular flexibility index (Phi) is 4.71. The number of carbonyl (C=O) groups is 2. The van der Waals surface area contributed by atoms with Crippen molar-refractivity contribution in [2.75, 3.05) is 11.9 Å². The van der Waals surface area contributed by atoms with E-state index in [0.29, 0.717) is 17.2 Å². The molecule has 1 aromatic heterocycles. The van der Waals surface area contributed by atoms with Crippen molar-refractivity contribution in [3.8, 4) is 0 Å². The van der Waals surface area contributed by atoms with Crippen LogP contribution in [-0.2, 0) is 22.4 Å². The third-order valence-electron chi connectivity index (χ3n) is 2.84. The fraction of sp³-hybridized carbons (Fsp3) is 0.500. The van der Waals surface area contributed by atoms with E-state index in [-0.39, 0.29) is 0 Å². The summed E-state index contributed by atoms with van der Waals surface area (Å²) in [5, 5.41) is 3.08. The monoisotopic (exact) mass is 321 g/mol. The zero-order chi connectivity index (χ0) is 14.0. The molecule has 0 spiro atoms.